The van der Waals surface area contributed by atoms with Crippen molar-refractivity contribution in [2.75, 3.05) is 0 Å². The summed E-state index contributed by atoms with van der Waals surface area (Å²) in [6, 6.07) is 6.83. The Labute approximate surface area is 152 Å². The molecule has 0 aliphatic carbocycles. The first kappa shape index (κ1) is 22.4. The maximum atomic E-state index is 14.6. The first-order valence-electron chi connectivity index (χ1n) is 7.17. The molecule has 1 aromatic heterocycles. The topological polar surface area (TPSA) is 12.9 Å². The van der Waals surface area contributed by atoms with E-state index in [4.69, 9.17) is 0 Å². The molecule has 154 valence electrons. The van der Waals surface area contributed by atoms with Crippen molar-refractivity contribution < 1.29 is 48.3 Å². The van der Waals surface area contributed by atoms with Gasteiger partial charge < -0.3 is 0 Å². The Kier molecular flexibility index (Phi) is 5.51. The average Bonchev–Trinajstić information content (AvgIpc) is 2.51. The number of hydrogen-bond acceptors (Lipinski definition) is 1. The van der Waals surface area contributed by atoms with Crippen molar-refractivity contribution in [1.82, 2.24) is 4.98 Å². The normalized spacial score (nSPS) is 14.2. The number of rotatable bonds is 3. The fourth-order valence-corrected chi connectivity index (χ4v) is 8.12. The minimum atomic E-state index is -10.1. The van der Waals surface area contributed by atoms with E-state index in [1.807, 2.05) is 0 Å². The molecule has 0 unspecified atom stereocenters. The van der Waals surface area contributed by atoms with Crippen LogP contribution in [-0.2, 0) is 4.76 Å². The molecule has 28 heavy (non-hydrogen) atoms. The Balaban J connectivity index is 2.81. The molecule has 0 spiro atoms. The van der Waals surface area contributed by atoms with Gasteiger partial charge in [0.1, 0.15) is 0 Å². The van der Waals surface area contributed by atoms with Crippen molar-refractivity contribution in [1.29, 1.82) is 0 Å². The summed E-state index contributed by atoms with van der Waals surface area (Å²) in [4.78, 5) is 3.54. The van der Waals surface area contributed by atoms with E-state index in [2.05, 4.69) is 4.98 Å². The second-order valence-corrected chi connectivity index (χ2v) is 13.6. The van der Waals surface area contributed by atoms with E-state index < -0.39 is 44.3 Å². The van der Waals surface area contributed by atoms with Gasteiger partial charge in [-0.3, -0.25) is 0 Å². The molecular formula is C15H8F11GeN. The maximum absolute atomic E-state index is 14.6. The van der Waals surface area contributed by atoms with Gasteiger partial charge in [0.05, 0.1) is 0 Å². The van der Waals surface area contributed by atoms with Gasteiger partial charge in [-0.2, -0.15) is 0 Å². The first-order chi connectivity index (χ1) is 12.6. The molecule has 1 aromatic carbocycles. The molecule has 0 fully saturated rings. The van der Waals surface area contributed by atoms with Crippen LogP contribution in [0, 0.1) is 0 Å². The summed E-state index contributed by atoms with van der Waals surface area (Å²) in [5.74, 6) is 0. The van der Waals surface area contributed by atoms with Crippen LogP contribution in [0.5, 0.6) is 0 Å². The number of halogens is 11. The standard InChI is InChI=1S/C15H8F11GeN/c16-12(17,27(13(18,19)20,14(21,22)23)15(24,25)26)10-6-7-28-11(8-10)9-4-2-1-3-5-9/h1-8H. The predicted molar refractivity (Wildman–Crippen MR) is 77.5 cm³/mol. The Morgan fingerprint density at radius 1 is 0.643 bits per heavy atom. The van der Waals surface area contributed by atoms with Gasteiger partial charge in [-0.15, -0.1) is 0 Å². The molecule has 1 nitrogen and oxygen atoms in total. The van der Waals surface area contributed by atoms with Gasteiger partial charge >= 0.3 is 152 Å². The number of hydrogen-bond donors (Lipinski definition) is 0. The van der Waals surface area contributed by atoms with E-state index in [1.54, 1.807) is 0 Å². The molecule has 0 aliphatic heterocycles. The second kappa shape index (κ2) is 6.88. The monoisotopic (exact) mass is 485 g/mol. The van der Waals surface area contributed by atoms with Gasteiger partial charge in [0.25, 0.3) is 0 Å². The third-order valence-electron chi connectivity index (χ3n) is 3.94. The summed E-state index contributed by atoms with van der Waals surface area (Å²) in [5.41, 5.74) is -2.53. The molecule has 2 rings (SSSR count). The summed E-state index contributed by atoms with van der Waals surface area (Å²) >= 11 is -10.1. The first-order valence-corrected chi connectivity index (χ1v) is 11.4. The Morgan fingerprint density at radius 3 is 1.54 bits per heavy atom. The van der Waals surface area contributed by atoms with Crippen LogP contribution in [0.2, 0.25) is 0 Å². The Bertz CT molecular complexity index is 788. The van der Waals surface area contributed by atoms with Crippen molar-refractivity contribution in [2.45, 2.75) is 19.8 Å². The van der Waals surface area contributed by atoms with Crippen LogP contribution in [0.25, 0.3) is 11.3 Å². The van der Waals surface area contributed by atoms with Crippen molar-refractivity contribution >= 4 is 13.3 Å². The van der Waals surface area contributed by atoms with Crippen molar-refractivity contribution in [3.05, 3.63) is 54.2 Å². The summed E-state index contributed by atoms with van der Waals surface area (Å²) in [6.45, 7) is 0. The van der Waals surface area contributed by atoms with Crippen LogP contribution in [0.4, 0.5) is 48.3 Å². The minimum absolute atomic E-state index is 0.0178. The van der Waals surface area contributed by atoms with Gasteiger partial charge in [-0.25, -0.2) is 0 Å². The van der Waals surface area contributed by atoms with Gasteiger partial charge in [0, 0.05) is 0 Å². The van der Waals surface area contributed by atoms with Crippen molar-refractivity contribution in [3.8, 4) is 11.3 Å². The third kappa shape index (κ3) is 3.35. The van der Waals surface area contributed by atoms with E-state index >= 15 is 0 Å². The van der Waals surface area contributed by atoms with Crippen LogP contribution in [-0.4, -0.2) is 33.3 Å². The zero-order chi connectivity index (χ0) is 21.6. The van der Waals surface area contributed by atoms with E-state index in [-0.39, 0.29) is 17.7 Å². The van der Waals surface area contributed by atoms with Crippen LogP contribution in [0.3, 0.4) is 0 Å². The molecule has 1 heterocycles. The summed E-state index contributed by atoms with van der Waals surface area (Å²) in [5, 5.41) is -21.6. The fourth-order valence-electron chi connectivity index (χ4n) is 2.63. The van der Waals surface area contributed by atoms with Gasteiger partial charge in [-0.05, 0) is 0 Å². The third-order valence-corrected chi connectivity index (χ3v) is 11.9. The quantitative estimate of drug-likeness (QED) is 0.378. The zero-order valence-electron chi connectivity index (χ0n) is 13.2. The molecule has 0 saturated carbocycles. The molecule has 0 radical (unpaired) electrons. The zero-order valence-corrected chi connectivity index (χ0v) is 15.3. The number of aromatic nitrogens is 1. The molecule has 0 N–H and O–H groups in total. The summed E-state index contributed by atoms with van der Waals surface area (Å²) in [7, 11) is 0. The van der Waals surface area contributed by atoms with E-state index in [0.717, 1.165) is 0 Å². The second-order valence-electron chi connectivity index (χ2n) is 5.61. The molecule has 2 aromatic rings. The van der Waals surface area contributed by atoms with E-state index in [1.165, 1.54) is 30.3 Å². The number of alkyl halides is 11. The molecule has 13 heteroatoms. The molecule has 0 atom stereocenters. The number of nitrogens with zero attached hydrogens (tertiary/aromatic N) is 1. The number of benzene rings is 1. The van der Waals surface area contributed by atoms with Gasteiger partial charge in [0.2, 0.25) is 0 Å². The van der Waals surface area contributed by atoms with Crippen molar-refractivity contribution in [2.24, 2.45) is 0 Å². The average molecular weight is 484 g/mol. The number of pyridine rings is 1. The van der Waals surface area contributed by atoms with Crippen LogP contribution >= 0.6 is 0 Å². The molecule has 0 amide bonds. The van der Waals surface area contributed by atoms with Crippen LogP contribution < -0.4 is 0 Å². The van der Waals surface area contributed by atoms with Crippen LogP contribution in [0.15, 0.2) is 48.7 Å². The Hall–Kier alpha value is -1.86. The molecular weight excluding hydrogens is 476 g/mol. The van der Waals surface area contributed by atoms with Crippen LogP contribution in [0.1, 0.15) is 5.56 Å². The fraction of sp³-hybridized carbons (Fsp3) is 0.267. The summed E-state index contributed by atoms with van der Waals surface area (Å²) < 4.78 is 141. The SMILES string of the molecule is F[C](F)(F)[Ge]([C](F)(F)F)([C](F)(F)F)[C](F)(F)c1ccnc(-c2ccccc2)c1. The molecule has 0 aliphatic rings. The molecule has 0 saturated heterocycles. The predicted octanol–water partition coefficient (Wildman–Crippen LogP) is 6.13. The Morgan fingerprint density at radius 2 is 1.11 bits per heavy atom. The van der Waals surface area contributed by atoms with E-state index in [0.29, 0.717) is 6.20 Å². The molecule has 0 bridgehead atoms. The van der Waals surface area contributed by atoms with Gasteiger partial charge in [0.15, 0.2) is 0 Å². The summed E-state index contributed by atoms with van der Waals surface area (Å²) in [6.07, 6.45) is 0.432. The van der Waals surface area contributed by atoms with Crippen molar-refractivity contribution in [3.63, 3.8) is 0 Å². The van der Waals surface area contributed by atoms with E-state index in [9.17, 15) is 48.3 Å². The van der Waals surface area contributed by atoms with Gasteiger partial charge in [-0.1, -0.05) is 0 Å².